The van der Waals surface area contributed by atoms with Crippen LogP contribution in [0.15, 0.2) is 20.0 Å². The van der Waals surface area contributed by atoms with Crippen LogP contribution in [-0.4, -0.2) is 14.3 Å². The zero-order chi connectivity index (χ0) is 10.2. The Morgan fingerprint density at radius 3 is 2.38 bits per heavy atom. The van der Waals surface area contributed by atoms with E-state index in [1.165, 1.54) is 0 Å². The number of carbonyl (C=O) groups excluding carboxylic acids is 1. The Morgan fingerprint density at radius 2 is 2.15 bits per heavy atom. The van der Waals surface area contributed by atoms with Gasteiger partial charge in [-0.15, -0.1) is 0 Å². The average molecular weight is 289 g/mol. The van der Waals surface area contributed by atoms with Gasteiger partial charge >= 0.3 is 0 Å². The highest BCUT2D eigenvalue weighted by Gasteiger charge is 2.21. The van der Waals surface area contributed by atoms with E-state index in [2.05, 4.69) is 20.3 Å². The SMILES string of the molecule is NC(=O)c1cc(S(=O)(=O)Cl)c(Br)o1. The van der Waals surface area contributed by atoms with E-state index in [0.717, 1.165) is 6.07 Å². The standard InChI is InChI=1S/C5H3BrClNO4S/c6-4-3(13(7,10)11)1-2(12-4)5(8)9/h1H,(H2,8,9). The van der Waals surface area contributed by atoms with Crippen molar-refractivity contribution in [2.75, 3.05) is 0 Å². The number of amides is 1. The van der Waals surface area contributed by atoms with Gasteiger partial charge in [0.2, 0.25) is 0 Å². The molecule has 1 aromatic heterocycles. The Bertz CT molecular complexity index is 451. The third kappa shape index (κ3) is 2.23. The molecule has 72 valence electrons. The van der Waals surface area contributed by atoms with E-state index in [4.69, 9.17) is 16.4 Å². The first-order valence-electron chi connectivity index (χ1n) is 2.86. The summed E-state index contributed by atoms with van der Waals surface area (Å²) >= 11 is 2.78. The van der Waals surface area contributed by atoms with Crippen LogP contribution in [0.2, 0.25) is 0 Å². The zero-order valence-corrected chi connectivity index (χ0v) is 9.11. The van der Waals surface area contributed by atoms with Gasteiger partial charge in [-0.1, -0.05) is 0 Å². The maximum atomic E-state index is 10.8. The second-order valence-electron chi connectivity index (χ2n) is 2.05. The van der Waals surface area contributed by atoms with Gasteiger partial charge in [0, 0.05) is 16.7 Å². The molecule has 1 rings (SSSR count). The minimum atomic E-state index is -3.92. The molecule has 0 fully saturated rings. The van der Waals surface area contributed by atoms with Gasteiger partial charge in [0.05, 0.1) is 0 Å². The van der Waals surface area contributed by atoms with Crippen molar-refractivity contribution >= 4 is 41.6 Å². The minimum Gasteiger partial charge on any atom is -0.443 e. The second-order valence-corrected chi connectivity index (χ2v) is 5.31. The molecule has 1 aromatic rings. The van der Waals surface area contributed by atoms with Crippen LogP contribution >= 0.6 is 26.6 Å². The van der Waals surface area contributed by atoms with E-state index in [1.807, 2.05) is 0 Å². The highest BCUT2D eigenvalue weighted by atomic mass is 79.9. The molecule has 0 bridgehead atoms. The zero-order valence-electron chi connectivity index (χ0n) is 5.95. The molecule has 5 nitrogen and oxygen atoms in total. The lowest BCUT2D eigenvalue weighted by molar-refractivity contribution is 0.0972. The average Bonchev–Trinajstić information content (AvgIpc) is 2.29. The van der Waals surface area contributed by atoms with Crippen molar-refractivity contribution in [2.24, 2.45) is 5.73 Å². The molecule has 8 heteroatoms. The van der Waals surface area contributed by atoms with Crippen LogP contribution in [-0.2, 0) is 9.05 Å². The summed E-state index contributed by atoms with van der Waals surface area (Å²) in [4.78, 5) is 10.2. The molecule has 0 unspecified atom stereocenters. The normalized spacial score (nSPS) is 11.5. The summed E-state index contributed by atoms with van der Waals surface area (Å²) in [5.74, 6) is -1.14. The second kappa shape index (κ2) is 3.32. The van der Waals surface area contributed by atoms with Crippen LogP contribution < -0.4 is 5.73 Å². The highest BCUT2D eigenvalue weighted by Crippen LogP contribution is 2.28. The number of carbonyl (C=O) groups is 1. The molecular weight excluding hydrogens is 285 g/mol. The molecule has 0 atom stereocenters. The lowest BCUT2D eigenvalue weighted by Gasteiger charge is -1.86. The highest BCUT2D eigenvalue weighted by molar-refractivity contribution is 9.10. The summed E-state index contributed by atoms with van der Waals surface area (Å²) in [5.41, 5.74) is 4.85. The third-order valence-corrected chi connectivity index (χ3v) is 3.34. The first-order chi connectivity index (χ1) is 5.82. The molecule has 1 heterocycles. The lowest BCUT2D eigenvalue weighted by atomic mass is 10.4. The van der Waals surface area contributed by atoms with Gasteiger partial charge in [-0.2, -0.15) is 0 Å². The summed E-state index contributed by atoms with van der Waals surface area (Å²) in [6.07, 6.45) is 0. The Morgan fingerprint density at radius 1 is 1.62 bits per heavy atom. The summed E-state index contributed by atoms with van der Waals surface area (Å²) in [6, 6.07) is 0.953. The fraction of sp³-hybridized carbons (Fsp3) is 0. The predicted molar refractivity (Wildman–Crippen MR) is 48.0 cm³/mol. The van der Waals surface area contributed by atoms with Gasteiger partial charge in [0.15, 0.2) is 10.4 Å². The summed E-state index contributed by atoms with van der Waals surface area (Å²) in [6.45, 7) is 0. The van der Waals surface area contributed by atoms with Crippen LogP contribution in [0, 0.1) is 0 Å². The lowest BCUT2D eigenvalue weighted by Crippen LogP contribution is -2.09. The summed E-state index contributed by atoms with van der Waals surface area (Å²) in [5, 5.41) is 0. The van der Waals surface area contributed by atoms with E-state index in [1.54, 1.807) is 0 Å². The molecule has 0 aliphatic carbocycles. The monoisotopic (exact) mass is 287 g/mol. The molecule has 2 N–H and O–H groups in total. The Labute approximate surface area is 86.4 Å². The largest absolute Gasteiger partial charge is 0.443 e. The number of hydrogen-bond acceptors (Lipinski definition) is 4. The Hall–Kier alpha value is -0.530. The van der Waals surface area contributed by atoms with E-state index >= 15 is 0 Å². The first-order valence-corrected chi connectivity index (χ1v) is 5.96. The molecule has 0 aromatic carbocycles. The van der Waals surface area contributed by atoms with E-state index in [9.17, 15) is 13.2 Å². The minimum absolute atomic E-state index is 0.142. The van der Waals surface area contributed by atoms with Gasteiger partial charge in [0.1, 0.15) is 4.90 Å². The van der Waals surface area contributed by atoms with Crippen LogP contribution in [0.25, 0.3) is 0 Å². The van der Waals surface area contributed by atoms with E-state index in [0.29, 0.717) is 0 Å². The molecule has 13 heavy (non-hydrogen) atoms. The fourth-order valence-electron chi connectivity index (χ4n) is 0.640. The molecule has 0 aliphatic rings. The number of nitrogens with two attached hydrogens (primary N) is 1. The smallest absolute Gasteiger partial charge is 0.284 e. The molecular formula is C5H3BrClNO4S. The van der Waals surface area contributed by atoms with Crippen LogP contribution in [0.3, 0.4) is 0 Å². The molecule has 1 amide bonds. The number of primary amides is 1. The molecule has 0 spiro atoms. The summed E-state index contributed by atoms with van der Waals surface area (Å²) < 4.78 is 26.2. The number of rotatable bonds is 2. The van der Waals surface area contributed by atoms with Crippen molar-refractivity contribution in [3.05, 3.63) is 16.5 Å². The van der Waals surface area contributed by atoms with Gasteiger partial charge in [-0.25, -0.2) is 8.42 Å². The van der Waals surface area contributed by atoms with E-state index < -0.39 is 15.0 Å². The Kier molecular flexibility index (Phi) is 2.69. The van der Waals surface area contributed by atoms with Crippen molar-refractivity contribution in [1.29, 1.82) is 0 Å². The summed E-state index contributed by atoms with van der Waals surface area (Å²) in [7, 11) is 1.09. The maximum absolute atomic E-state index is 10.8. The molecule has 0 aliphatic heterocycles. The fourth-order valence-corrected chi connectivity index (χ4v) is 2.67. The van der Waals surface area contributed by atoms with Crippen LogP contribution in [0.4, 0.5) is 0 Å². The number of hydrogen-bond donors (Lipinski definition) is 1. The van der Waals surface area contributed by atoms with Crippen molar-refractivity contribution in [3.63, 3.8) is 0 Å². The first kappa shape index (κ1) is 10.6. The van der Waals surface area contributed by atoms with Gasteiger partial charge < -0.3 is 10.2 Å². The van der Waals surface area contributed by atoms with Gasteiger partial charge in [-0.3, -0.25) is 4.79 Å². The van der Waals surface area contributed by atoms with Crippen molar-refractivity contribution in [2.45, 2.75) is 4.90 Å². The number of halogens is 2. The van der Waals surface area contributed by atoms with E-state index in [-0.39, 0.29) is 15.3 Å². The quantitative estimate of drug-likeness (QED) is 0.824. The molecule has 0 saturated carbocycles. The van der Waals surface area contributed by atoms with Crippen molar-refractivity contribution in [3.8, 4) is 0 Å². The maximum Gasteiger partial charge on any atom is 0.284 e. The number of furan rings is 1. The van der Waals surface area contributed by atoms with Gasteiger partial charge in [-0.05, 0) is 15.9 Å². The van der Waals surface area contributed by atoms with Gasteiger partial charge in [0.25, 0.3) is 15.0 Å². The predicted octanol–water partition coefficient (Wildman–Crippen LogP) is 1.07. The molecule has 0 radical (unpaired) electrons. The topological polar surface area (TPSA) is 90.4 Å². The van der Waals surface area contributed by atoms with Crippen molar-refractivity contribution in [1.82, 2.24) is 0 Å². The van der Waals surface area contributed by atoms with Crippen LogP contribution in [0.5, 0.6) is 0 Å². The molecule has 0 saturated heterocycles. The van der Waals surface area contributed by atoms with Crippen molar-refractivity contribution < 1.29 is 17.6 Å². The van der Waals surface area contributed by atoms with Crippen LogP contribution in [0.1, 0.15) is 10.6 Å². The Balaban J connectivity index is 3.35. The third-order valence-electron chi connectivity index (χ3n) is 1.16.